The number of carbonyl (C=O) groups excluding carboxylic acids is 1. The Morgan fingerprint density at radius 2 is 2.24 bits per heavy atom. The lowest BCUT2D eigenvalue weighted by atomic mass is 10.3. The van der Waals surface area contributed by atoms with E-state index in [4.69, 9.17) is 0 Å². The highest BCUT2D eigenvalue weighted by Gasteiger charge is 2.01. The number of nitrogens with zero attached hydrogens (tertiary/aromatic N) is 2. The Kier molecular flexibility index (Phi) is 5.69. The van der Waals surface area contributed by atoms with Crippen LogP contribution >= 0.6 is 0 Å². The van der Waals surface area contributed by atoms with Gasteiger partial charge in [0.1, 0.15) is 0 Å². The highest BCUT2D eigenvalue weighted by Crippen LogP contribution is 1.92. The summed E-state index contributed by atoms with van der Waals surface area (Å²) in [6.45, 7) is 8.21. The van der Waals surface area contributed by atoms with Crippen molar-refractivity contribution in [2.45, 2.75) is 39.8 Å². The molecule has 1 aromatic heterocycles. The first kappa shape index (κ1) is 13.7. The van der Waals surface area contributed by atoms with E-state index in [1.165, 1.54) is 0 Å². The second kappa shape index (κ2) is 7.06. The number of hydrogen-bond acceptors (Lipinski definition) is 3. The molecular weight excluding hydrogens is 216 g/mol. The van der Waals surface area contributed by atoms with Crippen molar-refractivity contribution in [2.24, 2.45) is 0 Å². The molecule has 1 rings (SSSR count). The minimum Gasteiger partial charge on any atom is -0.354 e. The zero-order valence-electron chi connectivity index (χ0n) is 10.9. The number of rotatable bonds is 7. The molecule has 0 aliphatic heterocycles. The van der Waals surface area contributed by atoms with E-state index >= 15 is 0 Å². The Balaban J connectivity index is 2.08. The SMILES string of the molecule is Cc1cnn(CCNC(=O)CCNC(C)C)c1. The highest BCUT2D eigenvalue weighted by atomic mass is 16.1. The summed E-state index contributed by atoms with van der Waals surface area (Å²) < 4.78 is 1.84. The Bertz CT molecular complexity index is 346. The largest absolute Gasteiger partial charge is 0.354 e. The van der Waals surface area contributed by atoms with Crippen molar-refractivity contribution in [3.63, 3.8) is 0 Å². The molecule has 0 aliphatic rings. The molecule has 17 heavy (non-hydrogen) atoms. The van der Waals surface area contributed by atoms with Gasteiger partial charge in [-0.15, -0.1) is 0 Å². The molecule has 0 fully saturated rings. The summed E-state index contributed by atoms with van der Waals surface area (Å²) in [6.07, 6.45) is 4.30. The van der Waals surface area contributed by atoms with Crippen molar-refractivity contribution in [1.29, 1.82) is 0 Å². The van der Waals surface area contributed by atoms with Gasteiger partial charge in [-0.2, -0.15) is 5.10 Å². The highest BCUT2D eigenvalue weighted by molar-refractivity contribution is 5.75. The van der Waals surface area contributed by atoms with Crippen LogP contribution in [-0.4, -0.2) is 34.8 Å². The van der Waals surface area contributed by atoms with E-state index < -0.39 is 0 Å². The molecule has 0 saturated heterocycles. The lowest BCUT2D eigenvalue weighted by Gasteiger charge is -2.08. The van der Waals surface area contributed by atoms with Crippen LogP contribution in [0.4, 0.5) is 0 Å². The smallest absolute Gasteiger partial charge is 0.221 e. The molecule has 5 heteroatoms. The second-order valence-electron chi connectivity index (χ2n) is 4.49. The fourth-order valence-electron chi connectivity index (χ4n) is 1.46. The lowest BCUT2D eigenvalue weighted by Crippen LogP contribution is -2.32. The van der Waals surface area contributed by atoms with Gasteiger partial charge in [0, 0.05) is 31.7 Å². The molecule has 0 radical (unpaired) electrons. The summed E-state index contributed by atoms with van der Waals surface area (Å²) in [5.41, 5.74) is 1.14. The normalized spacial score (nSPS) is 10.8. The molecule has 5 nitrogen and oxygen atoms in total. The quantitative estimate of drug-likeness (QED) is 0.735. The summed E-state index contributed by atoms with van der Waals surface area (Å²) in [5.74, 6) is 0.0852. The van der Waals surface area contributed by atoms with Crippen LogP contribution in [-0.2, 0) is 11.3 Å². The molecule has 1 amide bonds. The van der Waals surface area contributed by atoms with Gasteiger partial charge in [0.25, 0.3) is 0 Å². The summed E-state index contributed by atoms with van der Waals surface area (Å²) in [5, 5.41) is 10.2. The molecule has 96 valence electrons. The number of amides is 1. The Morgan fingerprint density at radius 3 is 2.82 bits per heavy atom. The Morgan fingerprint density at radius 1 is 1.47 bits per heavy atom. The average Bonchev–Trinajstić information content (AvgIpc) is 2.63. The maximum atomic E-state index is 11.4. The van der Waals surface area contributed by atoms with Crippen LogP contribution in [0.15, 0.2) is 12.4 Å². The minimum atomic E-state index is 0.0852. The van der Waals surface area contributed by atoms with E-state index in [1.54, 1.807) is 0 Å². The van der Waals surface area contributed by atoms with Crippen molar-refractivity contribution < 1.29 is 4.79 Å². The van der Waals surface area contributed by atoms with Crippen molar-refractivity contribution in [2.75, 3.05) is 13.1 Å². The van der Waals surface area contributed by atoms with Crippen molar-refractivity contribution in [3.8, 4) is 0 Å². The van der Waals surface area contributed by atoms with Gasteiger partial charge < -0.3 is 10.6 Å². The van der Waals surface area contributed by atoms with Crippen LogP contribution in [0.1, 0.15) is 25.8 Å². The third-order valence-electron chi connectivity index (χ3n) is 2.33. The van der Waals surface area contributed by atoms with Crippen LogP contribution in [0, 0.1) is 6.92 Å². The van der Waals surface area contributed by atoms with Gasteiger partial charge in [-0.1, -0.05) is 13.8 Å². The summed E-state index contributed by atoms with van der Waals surface area (Å²) in [7, 11) is 0. The molecule has 1 aromatic rings. The predicted molar refractivity (Wildman–Crippen MR) is 67.7 cm³/mol. The molecule has 0 aromatic carbocycles. The third-order valence-corrected chi connectivity index (χ3v) is 2.33. The van der Waals surface area contributed by atoms with E-state index in [2.05, 4.69) is 29.6 Å². The van der Waals surface area contributed by atoms with Gasteiger partial charge in [0.15, 0.2) is 0 Å². The fraction of sp³-hybridized carbons (Fsp3) is 0.667. The lowest BCUT2D eigenvalue weighted by molar-refractivity contribution is -0.121. The van der Waals surface area contributed by atoms with Gasteiger partial charge in [-0.05, 0) is 12.5 Å². The van der Waals surface area contributed by atoms with Gasteiger partial charge in [-0.25, -0.2) is 0 Å². The first-order chi connectivity index (χ1) is 8.08. The first-order valence-electron chi connectivity index (χ1n) is 6.07. The molecule has 0 saturated carbocycles. The fourth-order valence-corrected chi connectivity index (χ4v) is 1.46. The van der Waals surface area contributed by atoms with E-state index in [-0.39, 0.29) is 5.91 Å². The molecule has 0 atom stereocenters. The van der Waals surface area contributed by atoms with Crippen LogP contribution in [0.3, 0.4) is 0 Å². The average molecular weight is 238 g/mol. The number of carbonyl (C=O) groups is 1. The summed E-state index contributed by atoms with van der Waals surface area (Å²) in [6, 6.07) is 0.426. The van der Waals surface area contributed by atoms with E-state index in [0.717, 1.165) is 18.7 Å². The topological polar surface area (TPSA) is 59.0 Å². The van der Waals surface area contributed by atoms with Crippen molar-refractivity contribution in [1.82, 2.24) is 20.4 Å². The third kappa shape index (κ3) is 6.06. The molecule has 0 bridgehead atoms. The predicted octanol–water partition coefficient (Wildman–Crippen LogP) is 0.696. The van der Waals surface area contributed by atoms with E-state index in [1.807, 2.05) is 24.0 Å². The van der Waals surface area contributed by atoms with Crippen molar-refractivity contribution in [3.05, 3.63) is 18.0 Å². The summed E-state index contributed by atoms with van der Waals surface area (Å²) in [4.78, 5) is 11.4. The number of aromatic nitrogens is 2. The number of nitrogens with one attached hydrogen (secondary N) is 2. The van der Waals surface area contributed by atoms with Gasteiger partial charge in [0.2, 0.25) is 5.91 Å². The zero-order valence-corrected chi connectivity index (χ0v) is 10.9. The van der Waals surface area contributed by atoms with Crippen molar-refractivity contribution >= 4 is 5.91 Å². The zero-order chi connectivity index (χ0) is 12.7. The van der Waals surface area contributed by atoms with Crippen LogP contribution in [0.25, 0.3) is 0 Å². The Labute approximate surface area is 103 Å². The maximum absolute atomic E-state index is 11.4. The minimum absolute atomic E-state index is 0.0852. The molecule has 2 N–H and O–H groups in total. The van der Waals surface area contributed by atoms with E-state index in [9.17, 15) is 4.79 Å². The van der Waals surface area contributed by atoms with Crippen LogP contribution in [0.5, 0.6) is 0 Å². The Hall–Kier alpha value is -1.36. The molecule has 0 spiro atoms. The standard InChI is InChI=1S/C12H22N4O/c1-10(2)13-5-4-12(17)14-6-7-16-9-11(3)8-15-16/h8-10,13H,4-7H2,1-3H3,(H,14,17). The molecule has 0 unspecified atom stereocenters. The number of aryl methyl sites for hydroxylation is 1. The summed E-state index contributed by atoms with van der Waals surface area (Å²) >= 11 is 0. The second-order valence-corrected chi connectivity index (χ2v) is 4.49. The van der Waals surface area contributed by atoms with Gasteiger partial charge in [0.05, 0.1) is 12.7 Å². The maximum Gasteiger partial charge on any atom is 0.221 e. The molecule has 0 aliphatic carbocycles. The molecule has 1 heterocycles. The van der Waals surface area contributed by atoms with Crippen LogP contribution < -0.4 is 10.6 Å². The number of hydrogen-bond donors (Lipinski definition) is 2. The van der Waals surface area contributed by atoms with E-state index in [0.29, 0.717) is 19.0 Å². The van der Waals surface area contributed by atoms with Crippen LogP contribution in [0.2, 0.25) is 0 Å². The monoisotopic (exact) mass is 238 g/mol. The van der Waals surface area contributed by atoms with Gasteiger partial charge in [-0.3, -0.25) is 9.48 Å². The van der Waals surface area contributed by atoms with Gasteiger partial charge >= 0.3 is 0 Å². The first-order valence-corrected chi connectivity index (χ1v) is 6.07. The molecular formula is C12H22N4O.